The van der Waals surface area contributed by atoms with E-state index in [-0.39, 0.29) is 18.4 Å². The lowest BCUT2D eigenvalue weighted by molar-refractivity contribution is -0.119. The van der Waals surface area contributed by atoms with E-state index in [9.17, 15) is 9.59 Å². The van der Waals surface area contributed by atoms with E-state index in [4.69, 9.17) is 0 Å². The van der Waals surface area contributed by atoms with E-state index in [2.05, 4.69) is 46.0 Å². The molecule has 0 saturated carbocycles. The van der Waals surface area contributed by atoms with Crippen molar-refractivity contribution in [3.8, 4) is 0 Å². The lowest BCUT2D eigenvalue weighted by Gasteiger charge is -2.15. The maximum Gasteiger partial charge on any atom is 0.239 e. The van der Waals surface area contributed by atoms with Gasteiger partial charge in [0.05, 0.1) is 6.54 Å². The summed E-state index contributed by atoms with van der Waals surface area (Å²) in [5, 5.41) is 12.4. The summed E-state index contributed by atoms with van der Waals surface area (Å²) in [7, 11) is 1.80. The Hall–Kier alpha value is -2.13. The van der Waals surface area contributed by atoms with Gasteiger partial charge in [-0.05, 0) is 36.8 Å². The van der Waals surface area contributed by atoms with E-state index in [0.717, 1.165) is 12.8 Å². The molecular formula is C18H23N5O2S2. The van der Waals surface area contributed by atoms with Gasteiger partial charge in [0.25, 0.3) is 0 Å². The van der Waals surface area contributed by atoms with Crippen LogP contribution in [0.2, 0.25) is 0 Å². The van der Waals surface area contributed by atoms with Gasteiger partial charge in [0.1, 0.15) is 0 Å². The predicted molar refractivity (Wildman–Crippen MR) is 110 cm³/mol. The maximum atomic E-state index is 12.2. The molecule has 1 aromatic carbocycles. The van der Waals surface area contributed by atoms with Crippen LogP contribution in [0.15, 0.2) is 29.2 Å². The number of aromatic nitrogens is 2. The van der Waals surface area contributed by atoms with Crippen molar-refractivity contribution in [1.29, 1.82) is 0 Å². The molecule has 1 saturated heterocycles. The Balaban J connectivity index is 1.44. The fourth-order valence-corrected chi connectivity index (χ4v) is 4.06. The minimum absolute atomic E-state index is 0.0627. The normalized spacial score (nSPS) is 13.9. The summed E-state index contributed by atoms with van der Waals surface area (Å²) < 4.78 is 0. The molecule has 9 heteroatoms. The quantitative estimate of drug-likeness (QED) is 0.678. The van der Waals surface area contributed by atoms with E-state index < -0.39 is 0 Å². The van der Waals surface area contributed by atoms with Crippen molar-refractivity contribution < 1.29 is 9.59 Å². The Labute approximate surface area is 167 Å². The number of nitrogens with zero attached hydrogens (tertiary/aromatic N) is 4. The first-order chi connectivity index (χ1) is 13.1. The second-order valence-electron chi connectivity index (χ2n) is 6.32. The monoisotopic (exact) mass is 405 g/mol. The molecule has 2 aromatic rings. The van der Waals surface area contributed by atoms with Crippen molar-refractivity contribution in [3.63, 3.8) is 0 Å². The second kappa shape index (κ2) is 9.18. The van der Waals surface area contributed by atoms with Crippen molar-refractivity contribution in [2.45, 2.75) is 24.2 Å². The van der Waals surface area contributed by atoms with Gasteiger partial charge in [-0.2, -0.15) is 0 Å². The van der Waals surface area contributed by atoms with Crippen LogP contribution in [0.5, 0.6) is 0 Å². The molecule has 1 N–H and O–H groups in total. The zero-order chi connectivity index (χ0) is 19.2. The number of amides is 2. The fraction of sp³-hybridized carbons (Fsp3) is 0.444. The SMILES string of the molecule is CSc1ccc(CCNC(=O)CN(C)c2nnc(N3CCCC3=O)s2)cc1. The van der Waals surface area contributed by atoms with Gasteiger partial charge < -0.3 is 10.2 Å². The van der Waals surface area contributed by atoms with Gasteiger partial charge in [-0.15, -0.1) is 22.0 Å². The number of hydrogen-bond acceptors (Lipinski definition) is 7. The molecule has 1 fully saturated rings. The van der Waals surface area contributed by atoms with Gasteiger partial charge in [-0.25, -0.2) is 0 Å². The van der Waals surface area contributed by atoms with Gasteiger partial charge in [0.15, 0.2) is 0 Å². The molecule has 144 valence electrons. The van der Waals surface area contributed by atoms with E-state index in [1.807, 2.05) is 0 Å². The second-order valence-corrected chi connectivity index (χ2v) is 8.13. The fourth-order valence-electron chi connectivity index (χ4n) is 2.80. The number of carbonyl (C=O) groups excluding carboxylic acids is 2. The molecule has 0 aliphatic carbocycles. The van der Waals surface area contributed by atoms with Crippen molar-refractivity contribution in [1.82, 2.24) is 15.5 Å². The Kier molecular flexibility index (Phi) is 6.68. The number of likely N-dealkylation sites (N-methyl/N-ethyl adjacent to an activating group) is 1. The topological polar surface area (TPSA) is 78.4 Å². The summed E-state index contributed by atoms with van der Waals surface area (Å²) in [5.41, 5.74) is 1.20. The predicted octanol–water partition coefficient (Wildman–Crippen LogP) is 2.18. The highest BCUT2D eigenvalue weighted by Crippen LogP contribution is 2.29. The number of thioether (sulfide) groups is 1. The third-order valence-corrected chi connectivity index (χ3v) is 6.11. The summed E-state index contributed by atoms with van der Waals surface area (Å²) >= 11 is 3.05. The van der Waals surface area contributed by atoms with Crippen molar-refractivity contribution in [2.75, 3.05) is 42.7 Å². The molecule has 7 nitrogen and oxygen atoms in total. The number of carbonyl (C=O) groups is 2. The summed E-state index contributed by atoms with van der Waals surface area (Å²) in [4.78, 5) is 28.6. The highest BCUT2D eigenvalue weighted by atomic mass is 32.2. The van der Waals surface area contributed by atoms with Gasteiger partial charge >= 0.3 is 0 Å². The molecule has 1 aliphatic heterocycles. The van der Waals surface area contributed by atoms with Crippen molar-refractivity contribution >= 4 is 45.2 Å². The Morgan fingerprint density at radius 1 is 1.33 bits per heavy atom. The molecule has 0 radical (unpaired) electrons. The molecular weight excluding hydrogens is 382 g/mol. The zero-order valence-corrected chi connectivity index (χ0v) is 17.1. The zero-order valence-electron chi connectivity index (χ0n) is 15.5. The van der Waals surface area contributed by atoms with Crippen LogP contribution < -0.4 is 15.1 Å². The molecule has 2 heterocycles. The van der Waals surface area contributed by atoms with Gasteiger partial charge in [0.2, 0.25) is 22.1 Å². The van der Waals surface area contributed by atoms with Crippen LogP contribution in [-0.2, 0) is 16.0 Å². The molecule has 0 unspecified atom stereocenters. The average molecular weight is 406 g/mol. The van der Waals surface area contributed by atoms with E-state index in [0.29, 0.717) is 29.8 Å². The van der Waals surface area contributed by atoms with E-state index >= 15 is 0 Å². The first kappa shape index (κ1) is 19.6. The standard InChI is InChI=1S/C18H23N5O2S2/c1-22(17-20-21-18(27-17)23-11-3-4-16(23)25)12-15(24)19-10-9-13-5-7-14(26-2)8-6-13/h5-8H,3-4,9-12H2,1-2H3,(H,19,24). The van der Waals surface area contributed by atoms with Gasteiger partial charge in [-0.1, -0.05) is 23.5 Å². The number of nitrogens with one attached hydrogen (secondary N) is 1. The molecule has 27 heavy (non-hydrogen) atoms. The largest absolute Gasteiger partial charge is 0.354 e. The molecule has 0 spiro atoms. The summed E-state index contributed by atoms with van der Waals surface area (Å²) in [6.07, 6.45) is 4.26. The van der Waals surface area contributed by atoms with Crippen LogP contribution in [0, 0.1) is 0 Å². The molecule has 2 amide bonds. The third-order valence-electron chi connectivity index (χ3n) is 4.31. The summed E-state index contributed by atoms with van der Waals surface area (Å²) in [5.74, 6) is 0.0240. The minimum atomic E-state index is -0.0627. The summed E-state index contributed by atoms with van der Waals surface area (Å²) in [6, 6.07) is 8.36. The molecule has 1 aromatic heterocycles. The van der Waals surface area contributed by atoms with Crippen LogP contribution >= 0.6 is 23.1 Å². The first-order valence-electron chi connectivity index (χ1n) is 8.81. The Morgan fingerprint density at radius 2 is 2.11 bits per heavy atom. The van der Waals surface area contributed by atoms with Crippen LogP contribution in [0.3, 0.4) is 0 Å². The van der Waals surface area contributed by atoms with E-state index in [1.54, 1.807) is 28.6 Å². The lowest BCUT2D eigenvalue weighted by atomic mass is 10.1. The highest BCUT2D eigenvalue weighted by Gasteiger charge is 2.25. The molecule has 3 rings (SSSR count). The van der Waals surface area contributed by atoms with E-state index in [1.165, 1.54) is 21.8 Å². The Bertz CT molecular complexity index is 793. The average Bonchev–Trinajstić information content (AvgIpc) is 3.31. The smallest absolute Gasteiger partial charge is 0.239 e. The summed E-state index contributed by atoms with van der Waals surface area (Å²) in [6.45, 7) is 1.48. The van der Waals surface area contributed by atoms with Crippen LogP contribution in [-0.4, -0.2) is 54.9 Å². The minimum Gasteiger partial charge on any atom is -0.354 e. The number of benzene rings is 1. The maximum absolute atomic E-state index is 12.2. The molecule has 1 aliphatic rings. The molecule has 0 bridgehead atoms. The van der Waals surface area contributed by atoms with Crippen LogP contribution in [0.1, 0.15) is 18.4 Å². The highest BCUT2D eigenvalue weighted by molar-refractivity contribution is 7.98. The molecule has 0 atom stereocenters. The van der Waals surface area contributed by atoms with Crippen LogP contribution in [0.25, 0.3) is 0 Å². The van der Waals surface area contributed by atoms with Gasteiger partial charge in [0, 0.05) is 31.5 Å². The number of anilines is 2. The van der Waals surface area contributed by atoms with Crippen LogP contribution in [0.4, 0.5) is 10.3 Å². The first-order valence-corrected chi connectivity index (χ1v) is 10.9. The van der Waals surface area contributed by atoms with Gasteiger partial charge in [-0.3, -0.25) is 14.5 Å². The number of hydrogen-bond donors (Lipinski definition) is 1. The van der Waals surface area contributed by atoms with Crippen molar-refractivity contribution in [3.05, 3.63) is 29.8 Å². The lowest BCUT2D eigenvalue weighted by Crippen LogP contribution is -2.36. The Morgan fingerprint density at radius 3 is 2.78 bits per heavy atom. The van der Waals surface area contributed by atoms with Crippen molar-refractivity contribution in [2.24, 2.45) is 0 Å². The third kappa shape index (κ3) is 5.20. The number of rotatable bonds is 8.